The molecule has 0 spiro atoms. The summed E-state index contributed by atoms with van der Waals surface area (Å²) in [5.41, 5.74) is 0. The Morgan fingerprint density at radius 1 is 1.39 bits per heavy atom. The standard InChI is InChI=1S/C12H17NO4S/c1-9-6-7-13(10(9)8-14)18(16,17)12-5-3-2-4-11(12)15/h2-5,9-10,14-15H,6-8H2,1H3. The maximum atomic E-state index is 12.4. The minimum Gasteiger partial charge on any atom is -0.507 e. The Morgan fingerprint density at radius 3 is 2.67 bits per heavy atom. The number of phenols is 1. The van der Waals surface area contributed by atoms with Crippen LogP contribution in [0.1, 0.15) is 13.3 Å². The molecule has 0 amide bonds. The molecule has 1 aromatic rings. The summed E-state index contributed by atoms with van der Waals surface area (Å²) in [6.07, 6.45) is 0.720. The lowest BCUT2D eigenvalue weighted by atomic mass is 10.0. The molecule has 1 heterocycles. The maximum Gasteiger partial charge on any atom is 0.247 e. The first-order chi connectivity index (χ1) is 8.48. The zero-order chi connectivity index (χ0) is 13.3. The lowest BCUT2D eigenvalue weighted by molar-refractivity contribution is 0.191. The number of nitrogens with zero attached hydrogens (tertiary/aromatic N) is 1. The monoisotopic (exact) mass is 271 g/mol. The number of aliphatic hydroxyl groups excluding tert-OH is 1. The Labute approximate surface area is 107 Å². The van der Waals surface area contributed by atoms with Crippen LogP contribution in [0.15, 0.2) is 29.2 Å². The highest BCUT2D eigenvalue weighted by Crippen LogP contribution is 2.32. The fourth-order valence-corrected chi connectivity index (χ4v) is 4.16. The van der Waals surface area contributed by atoms with Crippen molar-refractivity contribution in [1.82, 2.24) is 4.31 Å². The molecule has 1 aliphatic rings. The Morgan fingerprint density at radius 2 is 2.06 bits per heavy atom. The molecule has 0 radical (unpaired) electrons. The van der Waals surface area contributed by atoms with Crippen LogP contribution in [0, 0.1) is 5.92 Å². The molecule has 0 aromatic heterocycles. The molecule has 0 saturated carbocycles. The van der Waals surface area contributed by atoms with E-state index in [2.05, 4.69) is 0 Å². The van der Waals surface area contributed by atoms with Crippen molar-refractivity contribution in [2.75, 3.05) is 13.2 Å². The summed E-state index contributed by atoms with van der Waals surface area (Å²) < 4.78 is 26.1. The van der Waals surface area contributed by atoms with Gasteiger partial charge in [-0.15, -0.1) is 0 Å². The first-order valence-corrected chi connectivity index (χ1v) is 7.33. The predicted molar refractivity (Wildman–Crippen MR) is 66.7 cm³/mol. The summed E-state index contributed by atoms with van der Waals surface area (Å²) in [6, 6.07) is 5.46. The topological polar surface area (TPSA) is 77.8 Å². The molecule has 100 valence electrons. The van der Waals surface area contributed by atoms with Gasteiger partial charge in [0.1, 0.15) is 10.6 Å². The molecule has 1 saturated heterocycles. The van der Waals surface area contributed by atoms with E-state index in [-0.39, 0.29) is 23.2 Å². The fourth-order valence-electron chi connectivity index (χ4n) is 2.34. The van der Waals surface area contributed by atoms with Crippen LogP contribution >= 0.6 is 0 Å². The number of hydrogen-bond donors (Lipinski definition) is 2. The molecule has 2 N–H and O–H groups in total. The smallest absolute Gasteiger partial charge is 0.247 e. The Bertz CT molecular complexity index is 529. The minimum absolute atomic E-state index is 0.0995. The van der Waals surface area contributed by atoms with Gasteiger partial charge in [0.15, 0.2) is 0 Å². The van der Waals surface area contributed by atoms with Crippen molar-refractivity contribution in [2.24, 2.45) is 5.92 Å². The quantitative estimate of drug-likeness (QED) is 0.851. The summed E-state index contributed by atoms with van der Waals surface area (Å²) in [5, 5.41) is 19.0. The largest absolute Gasteiger partial charge is 0.507 e. The van der Waals surface area contributed by atoms with Crippen molar-refractivity contribution in [2.45, 2.75) is 24.3 Å². The van der Waals surface area contributed by atoms with Gasteiger partial charge in [-0.3, -0.25) is 0 Å². The average molecular weight is 271 g/mol. The summed E-state index contributed by atoms with van der Waals surface area (Å²) in [7, 11) is -3.74. The van der Waals surface area contributed by atoms with Crippen LogP contribution in [0.2, 0.25) is 0 Å². The van der Waals surface area contributed by atoms with Crippen molar-refractivity contribution in [3.05, 3.63) is 24.3 Å². The molecular weight excluding hydrogens is 254 g/mol. The number of rotatable bonds is 3. The summed E-state index contributed by atoms with van der Waals surface area (Å²) in [6.45, 7) is 2.10. The zero-order valence-corrected chi connectivity index (χ0v) is 11.0. The van der Waals surface area contributed by atoms with E-state index in [0.717, 1.165) is 6.42 Å². The Balaban J connectivity index is 2.41. The second kappa shape index (κ2) is 4.87. The van der Waals surface area contributed by atoms with Crippen LogP contribution in [0.25, 0.3) is 0 Å². The van der Waals surface area contributed by atoms with Crippen molar-refractivity contribution in [3.63, 3.8) is 0 Å². The van der Waals surface area contributed by atoms with Gasteiger partial charge < -0.3 is 10.2 Å². The van der Waals surface area contributed by atoms with E-state index in [4.69, 9.17) is 0 Å². The van der Waals surface area contributed by atoms with Crippen LogP contribution in [0.4, 0.5) is 0 Å². The van der Waals surface area contributed by atoms with Crippen LogP contribution < -0.4 is 0 Å². The van der Waals surface area contributed by atoms with E-state index >= 15 is 0 Å². The lowest BCUT2D eigenvalue weighted by Crippen LogP contribution is -2.39. The molecule has 1 aliphatic heterocycles. The normalized spacial score (nSPS) is 25.4. The van der Waals surface area contributed by atoms with Gasteiger partial charge in [-0.1, -0.05) is 19.1 Å². The maximum absolute atomic E-state index is 12.4. The Hall–Kier alpha value is -1.11. The van der Waals surface area contributed by atoms with Crippen LogP contribution in [-0.4, -0.2) is 42.1 Å². The minimum atomic E-state index is -3.74. The van der Waals surface area contributed by atoms with Crippen molar-refractivity contribution >= 4 is 10.0 Å². The van der Waals surface area contributed by atoms with Crippen molar-refractivity contribution < 1.29 is 18.6 Å². The number of para-hydroxylation sites is 1. The molecule has 5 nitrogen and oxygen atoms in total. The molecule has 1 fully saturated rings. The summed E-state index contributed by atoms with van der Waals surface area (Å²) in [5.74, 6) is -0.135. The van der Waals surface area contributed by atoms with E-state index in [1.807, 2.05) is 6.92 Å². The van der Waals surface area contributed by atoms with Gasteiger partial charge in [0, 0.05) is 6.54 Å². The Kier molecular flexibility index (Phi) is 3.61. The summed E-state index contributed by atoms with van der Waals surface area (Å²) in [4.78, 5) is -0.0995. The van der Waals surface area contributed by atoms with Crippen LogP contribution in [-0.2, 0) is 10.0 Å². The first kappa shape index (κ1) is 13.3. The number of phenolic OH excluding ortho intramolecular Hbond substituents is 1. The SMILES string of the molecule is CC1CCN(S(=O)(=O)c2ccccc2O)C1CO. The molecule has 2 atom stereocenters. The number of hydrogen-bond acceptors (Lipinski definition) is 4. The fraction of sp³-hybridized carbons (Fsp3) is 0.500. The van der Waals surface area contributed by atoms with E-state index in [9.17, 15) is 18.6 Å². The van der Waals surface area contributed by atoms with Gasteiger partial charge in [-0.25, -0.2) is 8.42 Å². The van der Waals surface area contributed by atoms with Crippen molar-refractivity contribution in [1.29, 1.82) is 0 Å². The van der Waals surface area contributed by atoms with E-state index in [1.165, 1.54) is 16.4 Å². The molecule has 0 bridgehead atoms. The third-order valence-corrected chi connectivity index (χ3v) is 5.44. The van der Waals surface area contributed by atoms with Gasteiger partial charge >= 0.3 is 0 Å². The van der Waals surface area contributed by atoms with Gasteiger partial charge in [-0.2, -0.15) is 4.31 Å². The van der Waals surface area contributed by atoms with Gasteiger partial charge in [0.25, 0.3) is 0 Å². The molecule has 6 heteroatoms. The second-order valence-corrected chi connectivity index (χ2v) is 6.46. The summed E-state index contributed by atoms with van der Waals surface area (Å²) >= 11 is 0. The number of aliphatic hydroxyl groups is 1. The molecule has 0 aliphatic carbocycles. The highest BCUT2D eigenvalue weighted by molar-refractivity contribution is 7.89. The molecular formula is C12H17NO4S. The zero-order valence-electron chi connectivity index (χ0n) is 10.2. The highest BCUT2D eigenvalue weighted by atomic mass is 32.2. The van der Waals surface area contributed by atoms with Crippen LogP contribution in [0.3, 0.4) is 0 Å². The van der Waals surface area contributed by atoms with E-state index in [0.29, 0.717) is 6.54 Å². The van der Waals surface area contributed by atoms with Crippen LogP contribution in [0.5, 0.6) is 5.75 Å². The third kappa shape index (κ3) is 2.11. The highest BCUT2D eigenvalue weighted by Gasteiger charge is 2.39. The second-order valence-electron chi connectivity index (χ2n) is 4.60. The lowest BCUT2D eigenvalue weighted by Gasteiger charge is -2.24. The average Bonchev–Trinajstić information content (AvgIpc) is 2.71. The molecule has 2 rings (SSSR count). The number of aromatic hydroxyl groups is 1. The molecule has 1 aromatic carbocycles. The third-order valence-electron chi connectivity index (χ3n) is 3.47. The molecule has 18 heavy (non-hydrogen) atoms. The predicted octanol–water partition coefficient (Wildman–Crippen LogP) is 0.784. The van der Waals surface area contributed by atoms with E-state index < -0.39 is 16.1 Å². The van der Waals surface area contributed by atoms with Crippen molar-refractivity contribution in [3.8, 4) is 5.75 Å². The first-order valence-electron chi connectivity index (χ1n) is 5.89. The number of sulfonamides is 1. The van der Waals surface area contributed by atoms with E-state index in [1.54, 1.807) is 12.1 Å². The van der Waals surface area contributed by atoms with Gasteiger partial charge in [-0.05, 0) is 24.5 Å². The molecule has 2 unspecified atom stereocenters. The van der Waals surface area contributed by atoms with Gasteiger partial charge in [0.2, 0.25) is 10.0 Å². The van der Waals surface area contributed by atoms with Gasteiger partial charge in [0.05, 0.1) is 12.6 Å². The number of benzene rings is 1.